The van der Waals surface area contributed by atoms with Gasteiger partial charge < -0.3 is 15.4 Å². The minimum absolute atomic E-state index is 0.0545. The highest BCUT2D eigenvalue weighted by molar-refractivity contribution is 5.99. The van der Waals surface area contributed by atoms with Gasteiger partial charge in [-0.15, -0.1) is 0 Å². The largest absolute Gasteiger partial charge is 0.494 e. The molecule has 4 N–H and O–H groups in total. The Balaban J connectivity index is 1.82. The quantitative estimate of drug-likeness (QED) is 0.537. The van der Waals surface area contributed by atoms with E-state index >= 15 is 0 Å². The summed E-state index contributed by atoms with van der Waals surface area (Å²) in [5, 5.41) is 5.46. The standard InChI is InChI=1S/C21H26N4O4/c1-4-29-18-11-9-17(10-12-18)20(27)25-24-19(26)16-7-5-15(6-8-16)13-22-21(28)23-14(2)3/h5-12,14H,4,13H2,1-3H3,(H,24,26)(H,25,27)(H2,22,23,28). The van der Waals surface area contributed by atoms with Crippen molar-refractivity contribution in [2.75, 3.05) is 6.61 Å². The Labute approximate surface area is 170 Å². The molecule has 0 aliphatic carbocycles. The summed E-state index contributed by atoms with van der Waals surface area (Å²) < 4.78 is 5.33. The Kier molecular flexibility index (Phi) is 8.02. The molecule has 2 aromatic rings. The molecule has 29 heavy (non-hydrogen) atoms. The Hall–Kier alpha value is -3.55. The highest BCUT2D eigenvalue weighted by atomic mass is 16.5. The van der Waals surface area contributed by atoms with E-state index in [4.69, 9.17) is 4.74 Å². The lowest BCUT2D eigenvalue weighted by Crippen LogP contribution is -2.41. The van der Waals surface area contributed by atoms with E-state index in [1.54, 1.807) is 48.5 Å². The third-order valence-electron chi connectivity index (χ3n) is 3.81. The van der Waals surface area contributed by atoms with Crippen molar-refractivity contribution in [3.63, 3.8) is 0 Å². The Morgan fingerprint density at radius 2 is 1.38 bits per heavy atom. The number of hydrogen-bond acceptors (Lipinski definition) is 4. The monoisotopic (exact) mass is 398 g/mol. The SMILES string of the molecule is CCOc1ccc(C(=O)NNC(=O)c2ccc(CNC(=O)NC(C)C)cc2)cc1. The number of carbonyl (C=O) groups is 3. The van der Waals surface area contributed by atoms with Gasteiger partial charge in [-0.25, -0.2) is 4.79 Å². The number of benzene rings is 2. The van der Waals surface area contributed by atoms with Gasteiger partial charge >= 0.3 is 6.03 Å². The van der Waals surface area contributed by atoms with Crippen molar-refractivity contribution >= 4 is 17.8 Å². The van der Waals surface area contributed by atoms with Crippen LogP contribution in [0.2, 0.25) is 0 Å². The highest BCUT2D eigenvalue weighted by Gasteiger charge is 2.10. The van der Waals surface area contributed by atoms with Crippen LogP contribution in [0.5, 0.6) is 5.75 Å². The second-order valence-corrected chi connectivity index (χ2v) is 6.54. The highest BCUT2D eigenvalue weighted by Crippen LogP contribution is 2.11. The molecule has 2 rings (SSSR count). The van der Waals surface area contributed by atoms with Crippen molar-refractivity contribution in [1.29, 1.82) is 0 Å². The van der Waals surface area contributed by atoms with Crippen LogP contribution in [0, 0.1) is 0 Å². The van der Waals surface area contributed by atoms with Crippen molar-refractivity contribution < 1.29 is 19.1 Å². The fourth-order valence-electron chi connectivity index (χ4n) is 2.40. The molecule has 0 bridgehead atoms. The molecule has 0 aliphatic heterocycles. The molecule has 0 atom stereocenters. The number of nitrogens with one attached hydrogen (secondary N) is 4. The van der Waals surface area contributed by atoms with E-state index in [1.165, 1.54) is 0 Å². The lowest BCUT2D eigenvalue weighted by molar-refractivity contribution is 0.0846. The lowest BCUT2D eigenvalue weighted by atomic mass is 10.1. The van der Waals surface area contributed by atoms with E-state index in [1.807, 2.05) is 20.8 Å². The minimum atomic E-state index is -0.443. The molecule has 0 radical (unpaired) electrons. The molecule has 154 valence electrons. The summed E-state index contributed by atoms with van der Waals surface area (Å²) in [7, 11) is 0. The van der Waals surface area contributed by atoms with Crippen LogP contribution in [-0.4, -0.2) is 30.5 Å². The zero-order valence-electron chi connectivity index (χ0n) is 16.7. The normalized spacial score (nSPS) is 10.2. The molecule has 0 spiro atoms. The average molecular weight is 398 g/mol. The van der Waals surface area contributed by atoms with Crippen LogP contribution < -0.4 is 26.2 Å². The molecule has 8 nitrogen and oxygen atoms in total. The third-order valence-corrected chi connectivity index (χ3v) is 3.81. The second-order valence-electron chi connectivity index (χ2n) is 6.54. The number of carbonyl (C=O) groups excluding carboxylic acids is 3. The zero-order valence-corrected chi connectivity index (χ0v) is 16.7. The first-order valence-electron chi connectivity index (χ1n) is 9.36. The number of urea groups is 1. The number of hydrogen-bond donors (Lipinski definition) is 4. The van der Waals surface area contributed by atoms with E-state index in [2.05, 4.69) is 21.5 Å². The second kappa shape index (κ2) is 10.7. The van der Waals surface area contributed by atoms with Crippen molar-refractivity contribution in [1.82, 2.24) is 21.5 Å². The summed E-state index contributed by atoms with van der Waals surface area (Å²) in [5.41, 5.74) is 6.38. The van der Waals surface area contributed by atoms with Crippen LogP contribution >= 0.6 is 0 Å². The summed E-state index contributed by atoms with van der Waals surface area (Å²) in [4.78, 5) is 35.9. The Bertz CT molecular complexity index is 833. The molecule has 2 aromatic carbocycles. The van der Waals surface area contributed by atoms with Crippen molar-refractivity contribution in [3.05, 3.63) is 65.2 Å². The number of rotatable bonds is 7. The molecule has 4 amide bonds. The molecule has 0 aromatic heterocycles. The molecule has 0 saturated carbocycles. The smallest absolute Gasteiger partial charge is 0.315 e. The summed E-state index contributed by atoms with van der Waals surface area (Å²) in [6.07, 6.45) is 0. The van der Waals surface area contributed by atoms with Gasteiger partial charge in [0.05, 0.1) is 6.61 Å². The van der Waals surface area contributed by atoms with Crippen LogP contribution in [0.1, 0.15) is 47.1 Å². The summed E-state index contributed by atoms with van der Waals surface area (Å²) in [5.74, 6) is -0.205. The van der Waals surface area contributed by atoms with Crippen molar-refractivity contribution in [2.24, 2.45) is 0 Å². The van der Waals surface area contributed by atoms with Crippen LogP contribution in [0.4, 0.5) is 4.79 Å². The first-order valence-corrected chi connectivity index (χ1v) is 9.36. The summed E-state index contributed by atoms with van der Waals surface area (Å²) in [6, 6.07) is 13.1. The van der Waals surface area contributed by atoms with Crippen molar-refractivity contribution in [3.8, 4) is 5.75 Å². The Morgan fingerprint density at radius 3 is 1.86 bits per heavy atom. The predicted octanol–water partition coefficient (Wildman–Crippen LogP) is 2.37. The lowest BCUT2D eigenvalue weighted by Gasteiger charge is -2.11. The third kappa shape index (κ3) is 7.17. The van der Waals surface area contributed by atoms with Gasteiger partial charge in [-0.2, -0.15) is 0 Å². The van der Waals surface area contributed by atoms with Gasteiger partial charge in [0, 0.05) is 23.7 Å². The maximum absolute atomic E-state index is 12.2. The van der Waals surface area contributed by atoms with Gasteiger partial charge in [0.2, 0.25) is 0 Å². The van der Waals surface area contributed by atoms with E-state index in [0.29, 0.717) is 30.0 Å². The van der Waals surface area contributed by atoms with E-state index in [-0.39, 0.29) is 12.1 Å². The zero-order chi connectivity index (χ0) is 21.2. The van der Waals surface area contributed by atoms with E-state index in [0.717, 1.165) is 5.56 Å². The molecule has 0 fully saturated rings. The van der Waals surface area contributed by atoms with Crippen LogP contribution in [-0.2, 0) is 6.54 Å². The summed E-state index contributed by atoms with van der Waals surface area (Å²) >= 11 is 0. The average Bonchev–Trinajstić information content (AvgIpc) is 2.71. The number of amides is 4. The first kappa shape index (κ1) is 21.7. The van der Waals surface area contributed by atoms with Crippen LogP contribution in [0.3, 0.4) is 0 Å². The molecular weight excluding hydrogens is 372 g/mol. The van der Waals surface area contributed by atoms with Gasteiger partial charge in [-0.3, -0.25) is 20.4 Å². The molecule has 0 saturated heterocycles. The molecular formula is C21H26N4O4. The predicted molar refractivity (Wildman–Crippen MR) is 109 cm³/mol. The van der Waals surface area contributed by atoms with Gasteiger partial charge in [0.15, 0.2) is 0 Å². The fraction of sp³-hybridized carbons (Fsp3) is 0.286. The molecule has 8 heteroatoms. The maximum Gasteiger partial charge on any atom is 0.315 e. The molecule has 0 heterocycles. The van der Waals surface area contributed by atoms with E-state index < -0.39 is 11.8 Å². The first-order chi connectivity index (χ1) is 13.9. The number of hydrazine groups is 1. The fourth-order valence-corrected chi connectivity index (χ4v) is 2.40. The maximum atomic E-state index is 12.2. The number of ether oxygens (including phenoxy) is 1. The molecule has 0 aliphatic rings. The minimum Gasteiger partial charge on any atom is -0.494 e. The van der Waals surface area contributed by atoms with Gasteiger partial charge in [0.1, 0.15) is 5.75 Å². The molecule has 0 unspecified atom stereocenters. The van der Waals surface area contributed by atoms with Gasteiger partial charge in [0.25, 0.3) is 11.8 Å². The van der Waals surface area contributed by atoms with Gasteiger partial charge in [-0.1, -0.05) is 12.1 Å². The topological polar surface area (TPSA) is 109 Å². The summed E-state index contributed by atoms with van der Waals surface area (Å²) in [6.45, 7) is 6.52. The van der Waals surface area contributed by atoms with Crippen LogP contribution in [0.25, 0.3) is 0 Å². The van der Waals surface area contributed by atoms with Crippen LogP contribution in [0.15, 0.2) is 48.5 Å². The van der Waals surface area contributed by atoms with Crippen molar-refractivity contribution in [2.45, 2.75) is 33.4 Å². The van der Waals surface area contributed by atoms with E-state index in [9.17, 15) is 14.4 Å². The van der Waals surface area contributed by atoms with Gasteiger partial charge in [-0.05, 0) is 62.7 Å². The Morgan fingerprint density at radius 1 is 0.862 bits per heavy atom.